The van der Waals surface area contributed by atoms with E-state index < -0.39 is 20.6 Å². The number of halogens is 2. The highest BCUT2D eigenvalue weighted by molar-refractivity contribution is 7.94. The van der Waals surface area contributed by atoms with Crippen LogP contribution in [0.15, 0.2) is 18.2 Å². The van der Waals surface area contributed by atoms with E-state index in [9.17, 15) is 12.8 Å². The highest BCUT2D eigenvalue weighted by Gasteiger charge is 2.29. The molecule has 0 aliphatic heterocycles. The zero-order valence-corrected chi connectivity index (χ0v) is 10.8. The van der Waals surface area contributed by atoms with Crippen molar-refractivity contribution in [3.05, 3.63) is 29.0 Å². The maximum absolute atomic E-state index is 12.8. The number of rotatable bonds is 2. The third kappa shape index (κ3) is 2.86. The summed E-state index contributed by atoms with van der Waals surface area (Å²) < 4.78 is 37.7. The Morgan fingerprint density at radius 2 is 1.88 bits per heavy atom. The topological polar surface area (TPSA) is 46.2 Å². The first-order valence-electron chi connectivity index (χ1n) is 4.61. The second-order valence-corrected chi connectivity index (χ2v) is 7.18. The Balaban J connectivity index is 3.07. The fourth-order valence-electron chi connectivity index (χ4n) is 0.870. The molecule has 1 N–H and O–H groups in total. The predicted molar refractivity (Wildman–Crippen MR) is 63.7 cm³/mol. The molecular formula is C10H13ClFNO2S. The third-order valence-corrected chi connectivity index (χ3v) is 4.40. The summed E-state index contributed by atoms with van der Waals surface area (Å²) in [6.07, 6.45) is 0. The molecule has 0 amide bonds. The Labute approximate surface area is 99.7 Å². The van der Waals surface area contributed by atoms with Gasteiger partial charge in [0, 0.05) is 0 Å². The zero-order chi connectivity index (χ0) is 12.6. The van der Waals surface area contributed by atoms with Crippen LogP contribution in [0.4, 0.5) is 10.1 Å². The van der Waals surface area contributed by atoms with Gasteiger partial charge in [0.25, 0.3) is 0 Å². The Bertz CT molecular complexity index is 494. The smallest absolute Gasteiger partial charge is 0.237 e. The van der Waals surface area contributed by atoms with Crippen molar-refractivity contribution in [1.82, 2.24) is 0 Å². The summed E-state index contributed by atoms with van der Waals surface area (Å²) >= 11 is 5.72. The molecule has 0 heterocycles. The van der Waals surface area contributed by atoms with Gasteiger partial charge >= 0.3 is 0 Å². The van der Waals surface area contributed by atoms with Gasteiger partial charge in [0.1, 0.15) is 5.82 Å². The van der Waals surface area contributed by atoms with Gasteiger partial charge in [-0.05, 0) is 39.0 Å². The van der Waals surface area contributed by atoms with Gasteiger partial charge in [-0.2, -0.15) is 0 Å². The lowest BCUT2D eigenvalue weighted by molar-refractivity contribution is 0.566. The minimum absolute atomic E-state index is 0.0350. The van der Waals surface area contributed by atoms with E-state index >= 15 is 0 Å². The van der Waals surface area contributed by atoms with Crippen LogP contribution in [0.25, 0.3) is 0 Å². The molecule has 0 atom stereocenters. The summed E-state index contributed by atoms with van der Waals surface area (Å²) in [6, 6.07) is 3.50. The van der Waals surface area contributed by atoms with Crippen LogP contribution in [0, 0.1) is 5.82 Å². The first-order chi connectivity index (χ1) is 7.13. The summed E-state index contributed by atoms with van der Waals surface area (Å²) in [5.41, 5.74) is 0.179. The zero-order valence-electron chi connectivity index (χ0n) is 9.21. The highest BCUT2D eigenvalue weighted by Crippen LogP contribution is 2.26. The van der Waals surface area contributed by atoms with E-state index in [0.717, 1.165) is 12.1 Å². The fourth-order valence-corrected chi connectivity index (χ4v) is 1.91. The van der Waals surface area contributed by atoms with Gasteiger partial charge < -0.3 is 0 Å². The lowest BCUT2D eigenvalue weighted by atomic mass is 10.3. The van der Waals surface area contributed by atoms with Gasteiger partial charge in [0.05, 0.1) is 15.5 Å². The van der Waals surface area contributed by atoms with Crippen molar-refractivity contribution in [1.29, 1.82) is 0 Å². The van der Waals surface area contributed by atoms with Crippen molar-refractivity contribution in [3.63, 3.8) is 0 Å². The van der Waals surface area contributed by atoms with E-state index in [1.165, 1.54) is 6.07 Å². The van der Waals surface area contributed by atoms with Crippen molar-refractivity contribution in [3.8, 4) is 0 Å². The molecule has 6 heteroatoms. The molecule has 0 saturated heterocycles. The van der Waals surface area contributed by atoms with E-state index in [4.69, 9.17) is 11.6 Å². The van der Waals surface area contributed by atoms with E-state index in [2.05, 4.69) is 4.72 Å². The predicted octanol–water partition coefficient (Wildman–Crippen LogP) is 3.02. The second-order valence-electron chi connectivity index (χ2n) is 4.34. The highest BCUT2D eigenvalue weighted by atomic mass is 35.5. The monoisotopic (exact) mass is 265 g/mol. The molecule has 90 valence electrons. The summed E-state index contributed by atoms with van der Waals surface area (Å²) in [5.74, 6) is -0.510. The van der Waals surface area contributed by atoms with Gasteiger partial charge in [-0.3, -0.25) is 4.72 Å². The van der Waals surface area contributed by atoms with Crippen molar-refractivity contribution in [2.45, 2.75) is 25.5 Å². The minimum Gasteiger partial charge on any atom is -0.282 e. The van der Waals surface area contributed by atoms with Crippen molar-refractivity contribution >= 4 is 27.3 Å². The normalized spacial score (nSPS) is 12.6. The molecule has 0 saturated carbocycles. The molecule has 0 bridgehead atoms. The number of hydrogen-bond donors (Lipinski definition) is 1. The van der Waals surface area contributed by atoms with Crippen LogP contribution in [0.5, 0.6) is 0 Å². The van der Waals surface area contributed by atoms with Gasteiger partial charge in [-0.1, -0.05) is 11.6 Å². The number of sulfonamides is 1. The molecule has 0 radical (unpaired) electrons. The van der Waals surface area contributed by atoms with E-state index in [1.54, 1.807) is 20.8 Å². The molecule has 0 fully saturated rings. The van der Waals surface area contributed by atoms with E-state index in [0.29, 0.717) is 0 Å². The lowest BCUT2D eigenvalue weighted by Crippen LogP contribution is -2.33. The summed E-state index contributed by atoms with van der Waals surface area (Å²) in [5, 5.41) is 0.0350. The standard InChI is InChI=1S/C10H13ClFNO2S/c1-10(2,3)16(14,15)13-9-5-4-7(12)6-8(9)11/h4-6,13H,1-3H3. The molecule has 0 aliphatic carbocycles. The maximum atomic E-state index is 12.8. The molecule has 16 heavy (non-hydrogen) atoms. The van der Waals surface area contributed by atoms with Crippen LogP contribution in [-0.2, 0) is 10.0 Å². The lowest BCUT2D eigenvalue weighted by Gasteiger charge is -2.20. The number of anilines is 1. The van der Waals surface area contributed by atoms with E-state index in [-0.39, 0.29) is 10.7 Å². The number of benzene rings is 1. The van der Waals surface area contributed by atoms with E-state index in [1.807, 2.05) is 0 Å². The van der Waals surface area contributed by atoms with Crippen LogP contribution in [0.1, 0.15) is 20.8 Å². The van der Waals surface area contributed by atoms with Crippen molar-refractivity contribution in [2.24, 2.45) is 0 Å². The minimum atomic E-state index is -3.54. The van der Waals surface area contributed by atoms with Gasteiger partial charge in [-0.15, -0.1) is 0 Å². The van der Waals surface area contributed by atoms with Gasteiger partial charge in [0.2, 0.25) is 10.0 Å². The van der Waals surface area contributed by atoms with Crippen LogP contribution >= 0.6 is 11.6 Å². The van der Waals surface area contributed by atoms with Crippen LogP contribution in [0.2, 0.25) is 5.02 Å². The quantitative estimate of drug-likeness (QED) is 0.893. The Morgan fingerprint density at radius 1 is 1.31 bits per heavy atom. The summed E-state index contributed by atoms with van der Waals surface area (Å²) in [4.78, 5) is 0. The van der Waals surface area contributed by atoms with Gasteiger partial charge in [-0.25, -0.2) is 12.8 Å². The first kappa shape index (κ1) is 13.3. The number of hydrogen-bond acceptors (Lipinski definition) is 2. The Kier molecular flexibility index (Phi) is 3.50. The molecule has 0 aliphatic rings. The van der Waals surface area contributed by atoms with Crippen molar-refractivity contribution in [2.75, 3.05) is 4.72 Å². The summed E-state index contributed by atoms with van der Waals surface area (Å²) in [7, 11) is -3.54. The number of nitrogens with one attached hydrogen (secondary N) is 1. The van der Waals surface area contributed by atoms with Crippen molar-refractivity contribution < 1.29 is 12.8 Å². The molecule has 1 aromatic rings. The Morgan fingerprint density at radius 3 is 2.31 bits per heavy atom. The fraction of sp³-hybridized carbons (Fsp3) is 0.400. The van der Waals surface area contributed by atoms with Gasteiger partial charge in [0.15, 0.2) is 0 Å². The molecular weight excluding hydrogens is 253 g/mol. The van der Waals surface area contributed by atoms with Crippen LogP contribution < -0.4 is 4.72 Å². The third-order valence-electron chi connectivity index (χ3n) is 1.98. The molecule has 3 nitrogen and oxygen atoms in total. The average Bonchev–Trinajstić information content (AvgIpc) is 2.08. The maximum Gasteiger partial charge on any atom is 0.237 e. The molecule has 1 rings (SSSR count). The molecule has 1 aromatic carbocycles. The second kappa shape index (κ2) is 4.22. The first-order valence-corrected chi connectivity index (χ1v) is 6.47. The largest absolute Gasteiger partial charge is 0.282 e. The SMILES string of the molecule is CC(C)(C)S(=O)(=O)Nc1ccc(F)cc1Cl. The van der Waals surface area contributed by atoms with Crippen LogP contribution in [0.3, 0.4) is 0 Å². The van der Waals surface area contributed by atoms with Crippen LogP contribution in [-0.4, -0.2) is 13.2 Å². The Hall–Kier alpha value is -0.810. The average molecular weight is 266 g/mol. The summed E-state index contributed by atoms with van der Waals surface area (Å²) in [6.45, 7) is 4.69. The molecule has 0 aromatic heterocycles. The molecule has 0 unspecified atom stereocenters. The molecule has 0 spiro atoms.